The van der Waals surface area contributed by atoms with E-state index in [1.807, 2.05) is 25.3 Å². The minimum Gasteiger partial charge on any atom is -0.344 e. The molecule has 96 valence electrons. The molecule has 2 heterocycles. The number of aromatic amines is 1. The molecule has 7 heteroatoms. The number of nitrogens with one attached hydrogen (secondary N) is 2. The van der Waals surface area contributed by atoms with E-state index >= 15 is 0 Å². The van der Waals surface area contributed by atoms with Crippen LogP contribution in [0.15, 0.2) is 15.9 Å². The molecule has 0 aliphatic heterocycles. The Morgan fingerprint density at radius 2 is 2.39 bits per heavy atom. The number of rotatable bonds is 4. The zero-order valence-electron chi connectivity index (χ0n) is 10.0. The van der Waals surface area contributed by atoms with E-state index in [2.05, 4.69) is 36.4 Å². The van der Waals surface area contributed by atoms with Crippen LogP contribution in [0.5, 0.6) is 0 Å². The predicted molar refractivity (Wildman–Crippen MR) is 73.7 cm³/mol. The fourth-order valence-electron chi connectivity index (χ4n) is 1.32. The summed E-state index contributed by atoms with van der Waals surface area (Å²) in [6.45, 7) is 4.46. The molecule has 2 rings (SSSR count). The molecule has 0 fully saturated rings. The van der Waals surface area contributed by atoms with Gasteiger partial charge in [0.25, 0.3) is 5.91 Å². The number of halogens is 1. The number of hydrogen-bond acceptors (Lipinski definition) is 4. The summed E-state index contributed by atoms with van der Waals surface area (Å²) in [7, 11) is 0. The van der Waals surface area contributed by atoms with Crippen LogP contribution >= 0.6 is 27.3 Å². The summed E-state index contributed by atoms with van der Waals surface area (Å²) < 4.78 is 1.01. The Hall–Kier alpha value is -1.21. The van der Waals surface area contributed by atoms with Crippen LogP contribution in [0, 0.1) is 0 Å². The van der Waals surface area contributed by atoms with E-state index in [0.29, 0.717) is 6.54 Å². The molecule has 2 aromatic rings. The van der Waals surface area contributed by atoms with Gasteiger partial charge in [0.05, 0.1) is 6.54 Å². The van der Waals surface area contributed by atoms with Crippen molar-refractivity contribution in [3.8, 4) is 0 Å². The third-order valence-corrected chi connectivity index (χ3v) is 4.28. The minimum atomic E-state index is -0.265. The maximum absolute atomic E-state index is 11.8. The molecule has 2 aromatic heterocycles. The van der Waals surface area contributed by atoms with Crippen molar-refractivity contribution in [3.05, 3.63) is 32.4 Å². The second-order valence-electron chi connectivity index (χ2n) is 4.07. The molecule has 5 nitrogen and oxygen atoms in total. The molecular formula is C11H13BrN4OS. The van der Waals surface area contributed by atoms with Crippen molar-refractivity contribution >= 4 is 33.2 Å². The molecule has 0 saturated carbocycles. The number of carbonyl (C=O) groups is 1. The molecule has 0 aliphatic carbocycles. The van der Waals surface area contributed by atoms with Gasteiger partial charge in [-0.05, 0) is 27.4 Å². The Labute approximate surface area is 117 Å². The zero-order chi connectivity index (χ0) is 13.1. The molecule has 0 aromatic carbocycles. The number of H-pyrrole nitrogens is 1. The van der Waals surface area contributed by atoms with Crippen molar-refractivity contribution in [1.29, 1.82) is 0 Å². The zero-order valence-corrected chi connectivity index (χ0v) is 12.4. The SMILES string of the molecule is CC(C)c1nc(C(=O)NCc2sccc2Br)n[nH]1. The van der Waals surface area contributed by atoms with Gasteiger partial charge < -0.3 is 5.32 Å². The van der Waals surface area contributed by atoms with Gasteiger partial charge in [-0.1, -0.05) is 13.8 Å². The van der Waals surface area contributed by atoms with Gasteiger partial charge in [-0.2, -0.15) is 0 Å². The predicted octanol–water partition coefficient (Wildman–Crippen LogP) is 2.68. The lowest BCUT2D eigenvalue weighted by Crippen LogP contribution is -2.23. The third kappa shape index (κ3) is 2.97. The lowest BCUT2D eigenvalue weighted by molar-refractivity contribution is 0.0941. The number of hydrogen-bond donors (Lipinski definition) is 2. The largest absolute Gasteiger partial charge is 0.344 e. The van der Waals surface area contributed by atoms with Crippen LogP contribution in [0.4, 0.5) is 0 Å². The highest BCUT2D eigenvalue weighted by molar-refractivity contribution is 9.10. The lowest BCUT2D eigenvalue weighted by Gasteiger charge is -2.00. The normalized spacial score (nSPS) is 10.9. The van der Waals surface area contributed by atoms with Gasteiger partial charge in [0.15, 0.2) is 0 Å². The Kier molecular flexibility index (Phi) is 4.13. The summed E-state index contributed by atoms with van der Waals surface area (Å²) in [6.07, 6.45) is 0. The topological polar surface area (TPSA) is 70.7 Å². The maximum atomic E-state index is 11.8. The number of thiophene rings is 1. The van der Waals surface area contributed by atoms with Gasteiger partial charge >= 0.3 is 0 Å². The highest BCUT2D eigenvalue weighted by Gasteiger charge is 2.14. The van der Waals surface area contributed by atoms with Crippen LogP contribution in [0.2, 0.25) is 0 Å². The monoisotopic (exact) mass is 328 g/mol. The standard InChI is InChI=1S/C11H13BrN4OS/c1-6(2)9-14-10(16-15-9)11(17)13-5-8-7(12)3-4-18-8/h3-4,6H,5H2,1-2H3,(H,13,17)(H,14,15,16). The van der Waals surface area contributed by atoms with Gasteiger partial charge in [-0.15, -0.1) is 16.4 Å². The van der Waals surface area contributed by atoms with Crippen LogP contribution in [-0.4, -0.2) is 21.1 Å². The summed E-state index contributed by atoms with van der Waals surface area (Å²) in [5, 5.41) is 11.4. The Bertz CT molecular complexity index is 549. The molecule has 2 N–H and O–H groups in total. The Morgan fingerprint density at radius 3 is 2.94 bits per heavy atom. The van der Waals surface area contributed by atoms with Crippen LogP contribution in [0.1, 0.15) is 41.1 Å². The average Bonchev–Trinajstić information content (AvgIpc) is 2.94. The number of amides is 1. The number of carbonyl (C=O) groups excluding carboxylic acids is 1. The van der Waals surface area contributed by atoms with E-state index in [-0.39, 0.29) is 17.6 Å². The average molecular weight is 329 g/mol. The Morgan fingerprint density at radius 1 is 1.61 bits per heavy atom. The van der Waals surface area contributed by atoms with Crippen LogP contribution in [0.25, 0.3) is 0 Å². The minimum absolute atomic E-state index is 0.186. The summed E-state index contributed by atoms with van der Waals surface area (Å²) >= 11 is 5.00. The maximum Gasteiger partial charge on any atom is 0.291 e. The van der Waals surface area contributed by atoms with E-state index in [9.17, 15) is 4.79 Å². The molecule has 1 amide bonds. The summed E-state index contributed by atoms with van der Waals surface area (Å²) in [5.41, 5.74) is 0. The molecule has 0 radical (unpaired) electrons. The summed E-state index contributed by atoms with van der Waals surface area (Å²) in [6, 6.07) is 1.95. The smallest absolute Gasteiger partial charge is 0.291 e. The molecule has 18 heavy (non-hydrogen) atoms. The van der Waals surface area contributed by atoms with Crippen molar-refractivity contribution in [2.75, 3.05) is 0 Å². The second-order valence-corrected chi connectivity index (χ2v) is 5.93. The second kappa shape index (κ2) is 5.62. The quantitative estimate of drug-likeness (QED) is 0.906. The summed E-state index contributed by atoms with van der Waals surface area (Å²) in [4.78, 5) is 17.0. The first-order chi connectivity index (χ1) is 8.58. The third-order valence-electron chi connectivity index (χ3n) is 2.35. The van der Waals surface area contributed by atoms with Crippen molar-refractivity contribution in [3.63, 3.8) is 0 Å². The molecule has 0 saturated heterocycles. The van der Waals surface area contributed by atoms with Gasteiger partial charge in [0.2, 0.25) is 5.82 Å². The number of nitrogens with zero attached hydrogens (tertiary/aromatic N) is 2. The molecule has 0 bridgehead atoms. The van der Waals surface area contributed by atoms with Crippen LogP contribution in [0.3, 0.4) is 0 Å². The fraction of sp³-hybridized carbons (Fsp3) is 0.364. The van der Waals surface area contributed by atoms with E-state index in [1.165, 1.54) is 0 Å². The fourth-order valence-corrected chi connectivity index (χ4v) is 2.76. The highest BCUT2D eigenvalue weighted by atomic mass is 79.9. The molecule has 0 unspecified atom stereocenters. The van der Waals surface area contributed by atoms with E-state index in [1.54, 1.807) is 11.3 Å². The molecule has 0 spiro atoms. The van der Waals surface area contributed by atoms with Gasteiger partial charge in [0, 0.05) is 15.3 Å². The Balaban J connectivity index is 1.97. The van der Waals surface area contributed by atoms with E-state index in [4.69, 9.17) is 0 Å². The van der Waals surface area contributed by atoms with Gasteiger partial charge in [-0.25, -0.2) is 4.98 Å². The van der Waals surface area contributed by atoms with Crippen molar-refractivity contribution in [2.24, 2.45) is 0 Å². The molecular weight excluding hydrogens is 316 g/mol. The van der Waals surface area contributed by atoms with Crippen molar-refractivity contribution < 1.29 is 4.79 Å². The van der Waals surface area contributed by atoms with Crippen LogP contribution in [-0.2, 0) is 6.54 Å². The lowest BCUT2D eigenvalue weighted by atomic mass is 10.2. The first kappa shape index (κ1) is 13.2. The van der Waals surface area contributed by atoms with E-state index < -0.39 is 0 Å². The highest BCUT2D eigenvalue weighted by Crippen LogP contribution is 2.22. The number of aromatic nitrogens is 3. The molecule has 0 aliphatic rings. The van der Waals surface area contributed by atoms with Gasteiger partial charge in [-0.3, -0.25) is 9.89 Å². The first-order valence-electron chi connectivity index (χ1n) is 5.50. The first-order valence-corrected chi connectivity index (χ1v) is 7.17. The van der Waals surface area contributed by atoms with Crippen molar-refractivity contribution in [2.45, 2.75) is 26.3 Å². The summed E-state index contributed by atoms with van der Waals surface area (Å²) in [5.74, 6) is 0.868. The van der Waals surface area contributed by atoms with Gasteiger partial charge in [0.1, 0.15) is 5.82 Å². The van der Waals surface area contributed by atoms with Crippen LogP contribution < -0.4 is 5.32 Å². The van der Waals surface area contributed by atoms with E-state index in [0.717, 1.165) is 15.2 Å². The van der Waals surface area contributed by atoms with Crippen molar-refractivity contribution in [1.82, 2.24) is 20.5 Å². The molecule has 0 atom stereocenters.